The van der Waals surface area contributed by atoms with E-state index in [-0.39, 0.29) is 0 Å². The first-order valence-corrected chi connectivity index (χ1v) is 6.42. The van der Waals surface area contributed by atoms with Crippen molar-refractivity contribution in [2.45, 2.75) is 45.6 Å². The average molecular weight is 234 g/mol. The quantitative estimate of drug-likeness (QED) is 0.848. The van der Waals surface area contributed by atoms with Crippen molar-refractivity contribution in [3.63, 3.8) is 0 Å². The van der Waals surface area contributed by atoms with E-state index in [1.54, 1.807) is 0 Å². The first-order valence-electron chi connectivity index (χ1n) is 6.42. The molecule has 17 heavy (non-hydrogen) atoms. The van der Waals surface area contributed by atoms with Crippen molar-refractivity contribution in [1.29, 1.82) is 0 Å². The average Bonchev–Trinajstić information content (AvgIpc) is 2.29. The third kappa shape index (κ3) is 2.94. The van der Waals surface area contributed by atoms with Gasteiger partial charge in [0.15, 0.2) is 0 Å². The fourth-order valence-electron chi connectivity index (χ4n) is 2.16. The SMILES string of the molecule is Cc1nc(C(C)C)cc(N2CCC(N)CC2)n1. The smallest absolute Gasteiger partial charge is 0.132 e. The van der Waals surface area contributed by atoms with Gasteiger partial charge in [-0.05, 0) is 25.7 Å². The molecular formula is C13H22N4. The van der Waals surface area contributed by atoms with Gasteiger partial charge in [-0.15, -0.1) is 0 Å². The van der Waals surface area contributed by atoms with Gasteiger partial charge in [0.1, 0.15) is 11.6 Å². The molecule has 1 aliphatic heterocycles. The van der Waals surface area contributed by atoms with Gasteiger partial charge < -0.3 is 10.6 Å². The summed E-state index contributed by atoms with van der Waals surface area (Å²) in [6.45, 7) is 8.31. The van der Waals surface area contributed by atoms with Crippen LogP contribution in [0.15, 0.2) is 6.07 Å². The molecule has 2 heterocycles. The maximum Gasteiger partial charge on any atom is 0.132 e. The lowest BCUT2D eigenvalue weighted by atomic mass is 10.1. The van der Waals surface area contributed by atoms with Gasteiger partial charge in [0.25, 0.3) is 0 Å². The van der Waals surface area contributed by atoms with Crippen LogP contribution in [0.25, 0.3) is 0 Å². The molecule has 1 fully saturated rings. The molecule has 0 atom stereocenters. The largest absolute Gasteiger partial charge is 0.356 e. The molecule has 4 nitrogen and oxygen atoms in total. The molecule has 1 aromatic rings. The van der Waals surface area contributed by atoms with E-state index >= 15 is 0 Å². The Bertz CT molecular complexity index is 381. The third-order valence-corrected chi connectivity index (χ3v) is 3.30. The number of piperidine rings is 1. The van der Waals surface area contributed by atoms with Crippen LogP contribution in [-0.2, 0) is 0 Å². The lowest BCUT2D eigenvalue weighted by Gasteiger charge is -2.31. The summed E-state index contributed by atoms with van der Waals surface area (Å²) in [4.78, 5) is 11.3. The molecular weight excluding hydrogens is 212 g/mol. The van der Waals surface area contributed by atoms with Crippen molar-refractivity contribution < 1.29 is 0 Å². The molecule has 0 spiro atoms. The van der Waals surface area contributed by atoms with Crippen LogP contribution >= 0.6 is 0 Å². The molecule has 2 rings (SSSR count). The van der Waals surface area contributed by atoms with Crippen molar-refractivity contribution in [3.05, 3.63) is 17.6 Å². The number of nitrogens with two attached hydrogens (primary N) is 1. The minimum atomic E-state index is 0.360. The van der Waals surface area contributed by atoms with E-state index < -0.39 is 0 Å². The lowest BCUT2D eigenvalue weighted by Crippen LogP contribution is -2.40. The Balaban J connectivity index is 2.20. The number of hydrogen-bond donors (Lipinski definition) is 1. The first kappa shape index (κ1) is 12.3. The standard InChI is InChI=1S/C13H22N4/c1-9(2)12-8-13(16-10(3)15-12)17-6-4-11(14)5-7-17/h8-9,11H,4-7,14H2,1-3H3. The van der Waals surface area contributed by atoms with Crippen molar-refractivity contribution in [3.8, 4) is 0 Å². The first-order chi connectivity index (χ1) is 8.06. The Morgan fingerprint density at radius 2 is 1.94 bits per heavy atom. The Kier molecular flexibility index (Phi) is 3.62. The number of aromatic nitrogens is 2. The summed E-state index contributed by atoms with van der Waals surface area (Å²) in [6, 6.07) is 2.48. The minimum absolute atomic E-state index is 0.360. The van der Waals surface area contributed by atoms with E-state index in [9.17, 15) is 0 Å². The van der Waals surface area contributed by atoms with Crippen molar-refractivity contribution in [1.82, 2.24) is 9.97 Å². The van der Waals surface area contributed by atoms with Crippen molar-refractivity contribution in [2.24, 2.45) is 5.73 Å². The molecule has 0 saturated carbocycles. The molecule has 1 saturated heterocycles. The Hall–Kier alpha value is -1.16. The fourth-order valence-corrected chi connectivity index (χ4v) is 2.16. The van der Waals surface area contributed by atoms with Gasteiger partial charge in [-0.1, -0.05) is 13.8 Å². The maximum absolute atomic E-state index is 5.92. The zero-order valence-electron chi connectivity index (χ0n) is 11.0. The lowest BCUT2D eigenvalue weighted by molar-refractivity contribution is 0.498. The molecule has 0 bridgehead atoms. The minimum Gasteiger partial charge on any atom is -0.356 e. The van der Waals surface area contributed by atoms with Crippen molar-refractivity contribution >= 4 is 5.82 Å². The molecule has 1 aliphatic rings. The molecule has 1 aromatic heterocycles. The highest BCUT2D eigenvalue weighted by molar-refractivity contribution is 5.41. The van der Waals surface area contributed by atoms with Crippen LogP contribution in [0.3, 0.4) is 0 Å². The highest BCUT2D eigenvalue weighted by Crippen LogP contribution is 2.21. The summed E-state index contributed by atoms with van der Waals surface area (Å²) < 4.78 is 0. The molecule has 0 radical (unpaired) electrons. The second-order valence-corrected chi connectivity index (χ2v) is 5.18. The van der Waals surface area contributed by atoms with Gasteiger partial charge in [0.05, 0.1) is 0 Å². The molecule has 2 N–H and O–H groups in total. The maximum atomic E-state index is 5.92. The number of hydrogen-bond acceptors (Lipinski definition) is 4. The summed E-state index contributed by atoms with van der Waals surface area (Å²) in [5.74, 6) is 2.37. The van der Waals surface area contributed by atoms with Crippen LogP contribution in [0.2, 0.25) is 0 Å². The monoisotopic (exact) mass is 234 g/mol. The summed E-state index contributed by atoms with van der Waals surface area (Å²) in [5.41, 5.74) is 7.05. The highest BCUT2D eigenvalue weighted by atomic mass is 15.2. The Morgan fingerprint density at radius 1 is 1.29 bits per heavy atom. The summed E-state index contributed by atoms with van der Waals surface area (Å²) in [7, 11) is 0. The van der Waals surface area contributed by atoms with Crippen LogP contribution in [0.1, 0.15) is 44.1 Å². The molecule has 0 unspecified atom stereocenters. The van der Waals surface area contributed by atoms with Gasteiger partial charge in [0, 0.05) is 30.9 Å². The predicted molar refractivity (Wildman–Crippen MR) is 70.3 cm³/mol. The van der Waals surface area contributed by atoms with Crippen LogP contribution in [0, 0.1) is 6.92 Å². The molecule has 0 amide bonds. The van der Waals surface area contributed by atoms with Gasteiger partial charge in [-0.2, -0.15) is 0 Å². The topological polar surface area (TPSA) is 55.0 Å². The third-order valence-electron chi connectivity index (χ3n) is 3.30. The normalized spacial score (nSPS) is 17.8. The number of rotatable bonds is 2. The highest BCUT2D eigenvalue weighted by Gasteiger charge is 2.18. The van der Waals surface area contributed by atoms with E-state index in [2.05, 4.69) is 34.8 Å². The van der Waals surface area contributed by atoms with Crippen LogP contribution in [0.5, 0.6) is 0 Å². The fraction of sp³-hybridized carbons (Fsp3) is 0.692. The van der Waals surface area contributed by atoms with E-state index in [0.29, 0.717) is 12.0 Å². The molecule has 94 valence electrons. The molecule has 4 heteroatoms. The summed E-state index contributed by atoms with van der Waals surface area (Å²) >= 11 is 0. The molecule has 0 aliphatic carbocycles. The number of nitrogens with zero attached hydrogens (tertiary/aromatic N) is 3. The Morgan fingerprint density at radius 3 is 2.53 bits per heavy atom. The van der Waals surface area contributed by atoms with E-state index in [1.165, 1.54) is 0 Å². The zero-order chi connectivity index (χ0) is 12.4. The number of aryl methyl sites for hydroxylation is 1. The second-order valence-electron chi connectivity index (χ2n) is 5.18. The van der Waals surface area contributed by atoms with E-state index in [0.717, 1.165) is 43.3 Å². The van der Waals surface area contributed by atoms with Crippen LogP contribution in [-0.4, -0.2) is 29.1 Å². The summed E-state index contributed by atoms with van der Waals surface area (Å²) in [5, 5.41) is 0. The van der Waals surface area contributed by atoms with Gasteiger partial charge in [-0.3, -0.25) is 0 Å². The van der Waals surface area contributed by atoms with Crippen LogP contribution in [0.4, 0.5) is 5.82 Å². The van der Waals surface area contributed by atoms with Gasteiger partial charge >= 0.3 is 0 Å². The second kappa shape index (κ2) is 5.00. The van der Waals surface area contributed by atoms with Gasteiger partial charge in [0.2, 0.25) is 0 Å². The zero-order valence-corrected chi connectivity index (χ0v) is 11.0. The van der Waals surface area contributed by atoms with E-state index in [4.69, 9.17) is 5.73 Å². The predicted octanol–water partition coefficient (Wildman–Crippen LogP) is 1.84. The van der Waals surface area contributed by atoms with Gasteiger partial charge in [-0.25, -0.2) is 9.97 Å². The van der Waals surface area contributed by atoms with Crippen LogP contribution < -0.4 is 10.6 Å². The summed E-state index contributed by atoms with van der Waals surface area (Å²) in [6.07, 6.45) is 2.11. The Labute approximate surface area is 103 Å². The van der Waals surface area contributed by atoms with Crippen molar-refractivity contribution in [2.75, 3.05) is 18.0 Å². The van der Waals surface area contributed by atoms with E-state index in [1.807, 2.05) is 6.92 Å². The number of anilines is 1. The molecule has 0 aromatic carbocycles.